The molecule has 0 aliphatic carbocycles. The minimum Gasteiger partial charge on any atom is -0.244 e. The van der Waals surface area contributed by atoms with Crippen LogP contribution in [0.4, 0.5) is 0 Å². The van der Waals surface area contributed by atoms with Crippen molar-refractivity contribution in [3.05, 3.63) is 45.9 Å². The molecule has 0 unspecified atom stereocenters. The van der Waals surface area contributed by atoms with Crippen molar-refractivity contribution in [3.63, 3.8) is 0 Å². The Bertz CT molecular complexity index is 642. The molecule has 7 heteroatoms. The number of aromatic nitrogens is 1. The van der Waals surface area contributed by atoms with Gasteiger partial charge in [0.05, 0.1) is 4.90 Å². The lowest BCUT2D eigenvalue weighted by atomic mass is 10.3. The first-order valence-electron chi connectivity index (χ1n) is 5.60. The fourth-order valence-corrected chi connectivity index (χ4v) is 3.69. The van der Waals surface area contributed by atoms with Crippen LogP contribution in [-0.2, 0) is 16.4 Å². The van der Waals surface area contributed by atoms with Crippen LogP contribution >= 0.6 is 22.9 Å². The van der Waals surface area contributed by atoms with Gasteiger partial charge in [0.1, 0.15) is 5.15 Å². The van der Waals surface area contributed by atoms with Crippen LogP contribution in [0.1, 0.15) is 4.88 Å². The zero-order chi connectivity index (χ0) is 13.9. The van der Waals surface area contributed by atoms with Gasteiger partial charge in [-0.15, -0.1) is 11.3 Å². The average molecular weight is 317 g/mol. The largest absolute Gasteiger partial charge is 0.244 e. The Labute approximate surface area is 121 Å². The van der Waals surface area contributed by atoms with Crippen LogP contribution in [0.5, 0.6) is 0 Å². The molecule has 0 saturated carbocycles. The summed E-state index contributed by atoms with van der Waals surface area (Å²) in [6.45, 7) is 0.433. The first kappa shape index (κ1) is 14.5. The molecule has 4 nitrogen and oxygen atoms in total. The quantitative estimate of drug-likeness (QED) is 0.797. The van der Waals surface area contributed by atoms with Crippen LogP contribution in [0.2, 0.25) is 5.15 Å². The van der Waals surface area contributed by atoms with Crippen molar-refractivity contribution in [1.82, 2.24) is 9.29 Å². The highest BCUT2D eigenvalue weighted by Crippen LogP contribution is 2.18. The van der Waals surface area contributed by atoms with Gasteiger partial charge in [0.25, 0.3) is 0 Å². The number of rotatable bonds is 5. The fourth-order valence-electron chi connectivity index (χ4n) is 1.57. The maximum atomic E-state index is 12.3. The Morgan fingerprint density at radius 2 is 2.21 bits per heavy atom. The minimum absolute atomic E-state index is 0.168. The Hall–Kier alpha value is -0.950. The van der Waals surface area contributed by atoms with Gasteiger partial charge in [-0.05, 0) is 30.0 Å². The molecule has 0 amide bonds. The zero-order valence-electron chi connectivity index (χ0n) is 10.3. The van der Waals surface area contributed by atoms with E-state index in [1.54, 1.807) is 18.4 Å². The molecule has 0 aromatic carbocycles. The van der Waals surface area contributed by atoms with E-state index in [0.717, 1.165) is 4.88 Å². The normalized spacial score (nSPS) is 11.9. The highest BCUT2D eigenvalue weighted by Gasteiger charge is 2.20. The van der Waals surface area contributed by atoms with Crippen molar-refractivity contribution < 1.29 is 8.42 Å². The predicted octanol–water partition coefficient (Wildman–Crippen LogP) is 2.66. The van der Waals surface area contributed by atoms with Gasteiger partial charge < -0.3 is 0 Å². The second-order valence-electron chi connectivity index (χ2n) is 3.97. The number of hydrogen-bond acceptors (Lipinski definition) is 4. The number of hydrogen-bond donors (Lipinski definition) is 0. The summed E-state index contributed by atoms with van der Waals surface area (Å²) in [4.78, 5) is 5.11. The average Bonchev–Trinajstić information content (AvgIpc) is 2.89. The van der Waals surface area contributed by atoms with Gasteiger partial charge in [-0.25, -0.2) is 17.7 Å². The molecule has 0 N–H and O–H groups in total. The van der Waals surface area contributed by atoms with E-state index in [9.17, 15) is 8.42 Å². The lowest BCUT2D eigenvalue weighted by Crippen LogP contribution is -2.28. The summed E-state index contributed by atoms with van der Waals surface area (Å²) < 4.78 is 25.9. The standard InChI is InChI=1S/C12H13ClN2O2S2/c1-15(7-5-10-3-2-8-18-10)19(16,17)11-4-6-14-12(13)9-11/h2-4,6,8-9H,5,7H2,1H3. The first-order chi connectivity index (χ1) is 9.00. The number of thiophene rings is 1. The van der Waals surface area contributed by atoms with E-state index in [4.69, 9.17) is 11.6 Å². The van der Waals surface area contributed by atoms with Gasteiger partial charge in [-0.3, -0.25) is 0 Å². The molecule has 19 heavy (non-hydrogen) atoms. The summed E-state index contributed by atoms with van der Waals surface area (Å²) in [6.07, 6.45) is 2.09. The minimum atomic E-state index is -3.50. The molecule has 0 fully saturated rings. The molecular formula is C12H13ClN2O2S2. The maximum Gasteiger partial charge on any atom is 0.242 e. The highest BCUT2D eigenvalue weighted by atomic mass is 35.5. The molecule has 102 valence electrons. The maximum absolute atomic E-state index is 12.3. The van der Waals surface area contributed by atoms with E-state index in [2.05, 4.69) is 4.98 Å². The second kappa shape index (κ2) is 6.00. The van der Waals surface area contributed by atoms with Crippen molar-refractivity contribution in [1.29, 1.82) is 0 Å². The monoisotopic (exact) mass is 316 g/mol. The molecular weight excluding hydrogens is 304 g/mol. The molecule has 0 aliphatic rings. The zero-order valence-corrected chi connectivity index (χ0v) is 12.7. The van der Waals surface area contributed by atoms with Gasteiger partial charge in [0.2, 0.25) is 10.0 Å². The predicted molar refractivity (Wildman–Crippen MR) is 77.1 cm³/mol. The summed E-state index contributed by atoms with van der Waals surface area (Å²) in [5.41, 5.74) is 0. The summed E-state index contributed by atoms with van der Waals surface area (Å²) >= 11 is 7.34. The molecule has 2 aromatic heterocycles. The Morgan fingerprint density at radius 1 is 1.42 bits per heavy atom. The third-order valence-corrected chi connectivity index (χ3v) is 5.66. The molecule has 0 spiro atoms. The highest BCUT2D eigenvalue weighted by molar-refractivity contribution is 7.89. The summed E-state index contributed by atoms with van der Waals surface area (Å²) in [5.74, 6) is 0. The second-order valence-corrected chi connectivity index (χ2v) is 7.43. The molecule has 0 bridgehead atoms. The first-order valence-corrected chi connectivity index (χ1v) is 8.30. The smallest absolute Gasteiger partial charge is 0.242 e. The fraction of sp³-hybridized carbons (Fsp3) is 0.250. The third-order valence-electron chi connectivity index (χ3n) is 2.66. The van der Waals surface area contributed by atoms with Gasteiger partial charge >= 0.3 is 0 Å². The van der Waals surface area contributed by atoms with Crippen LogP contribution < -0.4 is 0 Å². The molecule has 0 radical (unpaired) electrons. The van der Waals surface area contributed by atoms with Crippen LogP contribution in [-0.4, -0.2) is 31.3 Å². The topological polar surface area (TPSA) is 50.3 Å². The van der Waals surface area contributed by atoms with E-state index in [1.165, 1.54) is 22.6 Å². The van der Waals surface area contributed by atoms with Gasteiger partial charge in [0, 0.05) is 24.7 Å². The van der Waals surface area contributed by atoms with Crippen LogP contribution in [0.3, 0.4) is 0 Å². The molecule has 0 saturated heterocycles. The molecule has 2 heterocycles. The number of sulfonamides is 1. The van der Waals surface area contributed by atoms with Crippen molar-refractivity contribution in [2.45, 2.75) is 11.3 Å². The van der Waals surface area contributed by atoms with E-state index in [1.807, 2.05) is 17.5 Å². The SMILES string of the molecule is CN(CCc1cccs1)S(=O)(=O)c1ccnc(Cl)c1. The van der Waals surface area contributed by atoms with Gasteiger partial charge in [-0.2, -0.15) is 0 Å². The van der Waals surface area contributed by atoms with Gasteiger partial charge in [0.15, 0.2) is 0 Å². The summed E-state index contributed by atoms with van der Waals surface area (Å²) in [6, 6.07) is 6.76. The van der Waals surface area contributed by atoms with Crippen molar-refractivity contribution in [2.75, 3.05) is 13.6 Å². The Balaban J connectivity index is 2.11. The molecule has 0 atom stereocenters. The van der Waals surface area contributed by atoms with Crippen LogP contribution in [0, 0.1) is 0 Å². The van der Waals surface area contributed by atoms with Crippen LogP contribution in [0.25, 0.3) is 0 Å². The third kappa shape index (κ3) is 3.54. The van der Waals surface area contributed by atoms with E-state index < -0.39 is 10.0 Å². The molecule has 2 aromatic rings. The van der Waals surface area contributed by atoms with Gasteiger partial charge in [-0.1, -0.05) is 17.7 Å². The number of halogens is 1. The van der Waals surface area contributed by atoms with E-state index in [-0.39, 0.29) is 10.0 Å². The van der Waals surface area contributed by atoms with E-state index in [0.29, 0.717) is 13.0 Å². The number of likely N-dealkylation sites (N-methyl/N-ethyl adjacent to an activating group) is 1. The van der Waals surface area contributed by atoms with Crippen molar-refractivity contribution >= 4 is 33.0 Å². The summed E-state index contributed by atoms with van der Waals surface area (Å²) in [7, 11) is -1.93. The lowest BCUT2D eigenvalue weighted by molar-refractivity contribution is 0.473. The number of pyridine rings is 1. The number of nitrogens with zero attached hydrogens (tertiary/aromatic N) is 2. The molecule has 0 aliphatic heterocycles. The molecule has 2 rings (SSSR count). The van der Waals surface area contributed by atoms with E-state index >= 15 is 0 Å². The van der Waals surface area contributed by atoms with Crippen molar-refractivity contribution in [3.8, 4) is 0 Å². The lowest BCUT2D eigenvalue weighted by Gasteiger charge is -2.16. The summed E-state index contributed by atoms with van der Waals surface area (Å²) in [5, 5.41) is 2.15. The van der Waals surface area contributed by atoms with Crippen molar-refractivity contribution in [2.24, 2.45) is 0 Å². The Kier molecular flexibility index (Phi) is 4.57. The Morgan fingerprint density at radius 3 is 2.84 bits per heavy atom. The van der Waals surface area contributed by atoms with Crippen LogP contribution in [0.15, 0.2) is 40.7 Å².